The van der Waals surface area contributed by atoms with Gasteiger partial charge in [-0.25, -0.2) is 0 Å². The van der Waals surface area contributed by atoms with Crippen molar-refractivity contribution in [2.24, 2.45) is 0 Å². The summed E-state index contributed by atoms with van der Waals surface area (Å²) in [6.45, 7) is 0. The van der Waals surface area contributed by atoms with Gasteiger partial charge in [0.05, 0.1) is 22.1 Å². The van der Waals surface area contributed by atoms with E-state index >= 15 is 0 Å². The molecule has 2 aromatic heterocycles. The molecule has 0 atom stereocenters. The minimum absolute atomic E-state index is 0.484. The summed E-state index contributed by atoms with van der Waals surface area (Å²) in [6, 6.07) is 75.5. The lowest BCUT2D eigenvalue weighted by molar-refractivity contribution is 0.669. The van der Waals surface area contributed by atoms with Gasteiger partial charge in [-0.05, 0) is 99.1 Å². The van der Waals surface area contributed by atoms with Crippen molar-refractivity contribution in [1.29, 1.82) is 0 Å². The van der Waals surface area contributed by atoms with Crippen LogP contribution in [0.25, 0.3) is 71.7 Å². The first kappa shape index (κ1) is 31.6. The number of rotatable bonds is 4. The van der Waals surface area contributed by atoms with Gasteiger partial charge < -0.3 is 13.9 Å². The Kier molecular flexibility index (Phi) is 6.37. The number of furan rings is 1. The number of benzene rings is 9. The molecule has 0 N–H and O–H groups in total. The van der Waals surface area contributed by atoms with Gasteiger partial charge >= 0.3 is 0 Å². The molecule has 0 bridgehead atoms. The highest BCUT2D eigenvalue weighted by atomic mass is 16.3. The van der Waals surface area contributed by atoms with Crippen LogP contribution in [-0.4, -0.2) is 4.57 Å². The third-order valence-corrected chi connectivity index (χ3v) is 12.8. The van der Waals surface area contributed by atoms with Gasteiger partial charge in [-0.3, -0.25) is 0 Å². The van der Waals surface area contributed by atoms with Gasteiger partial charge in [0.1, 0.15) is 11.2 Å². The van der Waals surface area contributed by atoms with E-state index in [4.69, 9.17) is 4.42 Å². The highest BCUT2D eigenvalue weighted by molar-refractivity contribution is 6.14. The lowest BCUT2D eigenvalue weighted by Crippen LogP contribution is -2.33. The van der Waals surface area contributed by atoms with Gasteiger partial charge in [0.15, 0.2) is 0 Å². The molecule has 0 radical (unpaired) electrons. The van der Waals surface area contributed by atoms with E-state index in [1.807, 2.05) is 12.1 Å². The zero-order chi connectivity index (χ0) is 38.0. The Balaban J connectivity index is 1.06. The fourth-order valence-electron chi connectivity index (χ4n) is 10.5. The van der Waals surface area contributed by atoms with E-state index in [9.17, 15) is 0 Å². The zero-order valence-corrected chi connectivity index (χ0v) is 31.4. The largest absolute Gasteiger partial charge is 0.456 e. The maximum absolute atomic E-state index is 6.26. The zero-order valence-electron chi connectivity index (χ0n) is 31.4. The number of hydrogen-bond acceptors (Lipinski definition) is 2. The number of aromatic nitrogens is 1. The van der Waals surface area contributed by atoms with E-state index in [1.54, 1.807) is 0 Å². The van der Waals surface area contributed by atoms with E-state index in [0.29, 0.717) is 0 Å². The molecule has 1 spiro atoms. The molecule has 1 aliphatic heterocycles. The SMILES string of the molecule is c1ccc(N(c2ccc(-c3cccc4oc5ccccc5c34)cc2)c2ccc3c(c2)-n2c4ccccc4c4cccc(c42)C32c3ccccc3-c3ccccc32)cc1. The molecule has 9 aromatic carbocycles. The molecular formula is C55H34N2O. The van der Waals surface area contributed by atoms with Crippen molar-refractivity contribution in [2.75, 3.05) is 4.90 Å². The Labute approximate surface area is 335 Å². The van der Waals surface area contributed by atoms with Crippen LogP contribution in [-0.2, 0) is 5.41 Å². The third-order valence-electron chi connectivity index (χ3n) is 12.8. The normalized spacial score (nSPS) is 13.3. The lowest BCUT2D eigenvalue weighted by atomic mass is 9.65. The molecule has 58 heavy (non-hydrogen) atoms. The predicted molar refractivity (Wildman–Crippen MR) is 239 cm³/mol. The molecule has 0 amide bonds. The Morgan fingerprint density at radius 2 is 0.983 bits per heavy atom. The number of nitrogens with zero attached hydrogens (tertiary/aromatic N) is 2. The molecule has 0 unspecified atom stereocenters. The summed E-state index contributed by atoms with van der Waals surface area (Å²) in [5.74, 6) is 0. The van der Waals surface area contributed by atoms with Crippen molar-refractivity contribution >= 4 is 60.8 Å². The molecule has 3 nitrogen and oxygen atoms in total. The molecule has 2 aliphatic rings. The van der Waals surface area contributed by atoms with E-state index < -0.39 is 5.41 Å². The lowest BCUT2D eigenvalue weighted by Gasteiger charge is -2.40. The van der Waals surface area contributed by atoms with Gasteiger partial charge in [-0.1, -0.05) is 152 Å². The van der Waals surface area contributed by atoms with Crippen molar-refractivity contribution in [3.8, 4) is 27.9 Å². The predicted octanol–water partition coefficient (Wildman–Crippen LogP) is 14.5. The van der Waals surface area contributed by atoms with Crippen LogP contribution >= 0.6 is 0 Å². The highest BCUT2D eigenvalue weighted by Crippen LogP contribution is 2.61. The average molecular weight is 739 g/mol. The van der Waals surface area contributed by atoms with Gasteiger partial charge in [-0.15, -0.1) is 0 Å². The summed E-state index contributed by atoms with van der Waals surface area (Å²) in [5, 5.41) is 4.83. The topological polar surface area (TPSA) is 21.3 Å². The first-order chi connectivity index (χ1) is 28.8. The summed E-state index contributed by atoms with van der Waals surface area (Å²) in [5.41, 5.74) is 18.5. The van der Waals surface area contributed by atoms with Crippen molar-refractivity contribution in [2.45, 2.75) is 5.41 Å². The molecule has 0 fully saturated rings. The Bertz CT molecular complexity index is 3420. The van der Waals surface area contributed by atoms with Gasteiger partial charge in [-0.2, -0.15) is 0 Å². The van der Waals surface area contributed by atoms with E-state index in [2.05, 4.69) is 204 Å². The molecule has 11 aromatic rings. The molecule has 3 heteroatoms. The number of fused-ring (bicyclic) bond motifs is 15. The van der Waals surface area contributed by atoms with Gasteiger partial charge in [0.25, 0.3) is 0 Å². The van der Waals surface area contributed by atoms with Gasteiger partial charge in [0.2, 0.25) is 0 Å². The number of para-hydroxylation sites is 4. The molecular weight excluding hydrogens is 705 g/mol. The minimum Gasteiger partial charge on any atom is -0.456 e. The average Bonchev–Trinajstić information content (AvgIpc) is 3.94. The summed E-state index contributed by atoms with van der Waals surface area (Å²) in [7, 11) is 0. The van der Waals surface area contributed by atoms with E-state index in [-0.39, 0.29) is 0 Å². The number of hydrogen-bond donors (Lipinski definition) is 0. The Hall–Kier alpha value is -7.62. The van der Waals surface area contributed by atoms with Crippen molar-refractivity contribution < 1.29 is 4.42 Å². The number of anilines is 3. The van der Waals surface area contributed by atoms with Crippen molar-refractivity contribution in [1.82, 2.24) is 4.57 Å². The smallest absolute Gasteiger partial charge is 0.136 e. The molecule has 3 heterocycles. The molecule has 0 saturated carbocycles. The monoisotopic (exact) mass is 738 g/mol. The summed E-state index contributed by atoms with van der Waals surface area (Å²) >= 11 is 0. The second-order valence-corrected chi connectivity index (χ2v) is 15.6. The van der Waals surface area contributed by atoms with Crippen LogP contribution in [0, 0.1) is 0 Å². The van der Waals surface area contributed by atoms with Crippen LogP contribution in [0.15, 0.2) is 211 Å². The van der Waals surface area contributed by atoms with Crippen LogP contribution in [0.5, 0.6) is 0 Å². The van der Waals surface area contributed by atoms with Gasteiger partial charge in [0, 0.05) is 38.6 Å². The van der Waals surface area contributed by atoms with Crippen LogP contribution in [0.2, 0.25) is 0 Å². The molecule has 270 valence electrons. The van der Waals surface area contributed by atoms with Crippen LogP contribution < -0.4 is 4.90 Å². The van der Waals surface area contributed by atoms with Crippen molar-refractivity contribution in [3.05, 3.63) is 229 Å². The van der Waals surface area contributed by atoms with E-state index in [1.165, 1.54) is 66.4 Å². The van der Waals surface area contributed by atoms with Crippen molar-refractivity contribution in [3.63, 3.8) is 0 Å². The van der Waals surface area contributed by atoms with Crippen LogP contribution in [0.1, 0.15) is 22.3 Å². The minimum atomic E-state index is -0.484. The Morgan fingerprint density at radius 1 is 0.397 bits per heavy atom. The Morgan fingerprint density at radius 3 is 1.79 bits per heavy atom. The van der Waals surface area contributed by atoms with Crippen LogP contribution in [0.4, 0.5) is 17.1 Å². The summed E-state index contributed by atoms with van der Waals surface area (Å²) in [6.07, 6.45) is 0. The fourth-order valence-corrected chi connectivity index (χ4v) is 10.5. The quantitative estimate of drug-likeness (QED) is 0.179. The second-order valence-electron chi connectivity index (χ2n) is 15.6. The molecule has 13 rings (SSSR count). The van der Waals surface area contributed by atoms with Crippen LogP contribution in [0.3, 0.4) is 0 Å². The third kappa shape index (κ3) is 4.07. The van der Waals surface area contributed by atoms with E-state index in [0.717, 1.165) is 44.6 Å². The maximum Gasteiger partial charge on any atom is 0.136 e. The first-order valence-corrected chi connectivity index (χ1v) is 20.0. The summed E-state index contributed by atoms with van der Waals surface area (Å²) in [4.78, 5) is 2.39. The first-order valence-electron chi connectivity index (χ1n) is 20.0. The fraction of sp³-hybridized carbons (Fsp3) is 0.0182. The standard InChI is InChI=1S/C55H34N2O/c1-2-14-36(15-3-1)56(37-30-28-35(29-31-37)39-20-13-27-52-53(39)44-19-7-11-26-51(44)58-52)38-32-33-47-50(34-38)57-49-25-10-6-18-42(49)43-21-12-24-48(54(43)57)55(47)45-22-8-4-16-40(45)41-17-5-9-23-46(41)55/h1-34H. The molecule has 1 aliphatic carbocycles. The summed E-state index contributed by atoms with van der Waals surface area (Å²) < 4.78 is 8.80. The maximum atomic E-state index is 6.26. The second kappa shape index (κ2) is 11.7. The highest BCUT2D eigenvalue weighted by Gasteiger charge is 2.50. The molecule has 0 saturated heterocycles.